The summed E-state index contributed by atoms with van der Waals surface area (Å²) < 4.78 is 38.3. The molecule has 0 saturated heterocycles. The minimum absolute atomic E-state index is 0.566. The summed E-state index contributed by atoms with van der Waals surface area (Å²) in [5.74, 6) is 0. The predicted molar refractivity (Wildman–Crippen MR) is 73.5 cm³/mol. The number of benzene rings is 2. The van der Waals surface area contributed by atoms with Crippen molar-refractivity contribution >= 4 is 10.9 Å². The molecule has 102 valence electrons. The average molecular weight is 275 g/mol. The van der Waals surface area contributed by atoms with Gasteiger partial charge in [-0.2, -0.15) is 13.2 Å². The van der Waals surface area contributed by atoms with Crippen LogP contribution in [0.4, 0.5) is 13.2 Å². The Kier molecular flexibility index (Phi) is 2.82. The van der Waals surface area contributed by atoms with Crippen LogP contribution in [0, 0.1) is 6.92 Å². The zero-order valence-corrected chi connectivity index (χ0v) is 10.8. The van der Waals surface area contributed by atoms with Crippen LogP contribution in [0.2, 0.25) is 0 Å². The topological polar surface area (TPSA) is 15.8 Å². The number of halogens is 3. The highest BCUT2D eigenvalue weighted by molar-refractivity contribution is 5.96. The molecule has 0 unspecified atom stereocenters. The quantitative estimate of drug-likeness (QED) is 0.631. The van der Waals surface area contributed by atoms with Gasteiger partial charge >= 0.3 is 6.18 Å². The summed E-state index contributed by atoms with van der Waals surface area (Å²) in [5.41, 5.74) is 2.72. The number of aromatic amines is 1. The van der Waals surface area contributed by atoms with Crippen molar-refractivity contribution in [1.29, 1.82) is 0 Å². The molecule has 1 nitrogen and oxygen atoms in total. The van der Waals surface area contributed by atoms with E-state index in [4.69, 9.17) is 0 Å². The van der Waals surface area contributed by atoms with Crippen LogP contribution in [-0.4, -0.2) is 4.98 Å². The Morgan fingerprint density at radius 1 is 1.00 bits per heavy atom. The number of fused-ring (bicyclic) bond motifs is 1. The maximum atomic E-state index is 12.8. The highest BCUT2D eigenvalue weighted by atomic mass is 19.4. The van der Waals surface area contributed by atoms with Crippen molar-refractivity contribution in [1.82, 2.24) is 4.98 Å². The van der Waals surface area contributed by atoms with Gasteiger partial charge in [0.25, 0.3) is 0 Å². The first kappa shape index (κ1) is 12.8. The number of alkyl halides is 3. The van der Waals surface area contributed by atoms with E-state index in [2.05, 4.69) is 4.98 Å². The summed E-state index contributed by atoms with van der Waals surface area (Å²) in [6.07, 6.45) is -2.57. The van der Waals surface area contributed by atoms with Gasteiger partial charge in [0.1, 0.15) is 0 Å². The zero-order valence-electron chi connectivity index (χ0n) is 10.8. The molecule has 1 N–H and O–H groups in total. The maximum Gasteiger partial charge on any atom is 0.416 e. The fourth-order valence-electron chi connectivity index (χ4n) is 2.34. The lowest BCUT2D eigenvalue weighted by Crippen LogP contribution is -2.04. The number of aryl methyl sites for hydroxylation is 1. The van der Waals surface area contributed by atoms with Gasteiger partial charge in [0, 0.05) is 22.7 Å². The van der Waals surface area contributed by atoms with Crippen molar-refractivity contribution in [2.24, 2.45) is 0 Å². The average Bonchev–Trinajstić information content (AvgIpc) is 2.81. The number of aromatic nitrogens is 1. The molecule has 3 rings (SSSR count). The molecule has 1 aromatic heterocycles. The van der Waals surface area contributed by atoms with Crippen LogP contribution in [0.15, 0.2) is 48.7 Å². The lowest BCUT2D eigenvalue weighted by molar-refractivity contribution is -0.137. The molecule has 0 spiro atoms. The lowest BCUT2D eigenvalue weighted by atomic mass is 10.0. The van der Waals surface area contributed by atoms with Crippen LogP contribution >= 0.6 is 0 Å². The smallest absolute Gasteiger partial charge is 0.361 e. The lowest BCUT2D eigenvalue weighted by Gasteiger charge is -2.08. The standard InChI is InChI=1S/C16H12F3N/c1-10-5-6-15-13(7-10)14(9-20-15)11-3-2-4-12(8-11)16(17,18)19/h2-9,20H,1H3. The summed E-state index contributed by atoms with van der Waals surface area (Å²) in [5, 5.41) is 0.935. The Morgan fingerprint density at radius 3 is 2.55 bits per heavy atom. The van der Waals surface area contributed by atoms with Crippen LogP contribution in [0.1, 0.15) is 11.1 Å². The van der Waals surface area contributed by atoms with E-state index < -0.39 is 11.7 Å². The van der Waals surface area contributed by atoms with E-state index in [0.717, 1.165) is 28.1 Å². The Labute approximate surface area is 114 Å². The summed E-state index contributed by atoms with van der Waals surface area (Å²) in [6, 6.07) is 11.3. The first-order valence-electron chi connectivity index (χ1n) is 6.20. The van der Waals surface area contributed by atoms with Gasteiger partial charge < -0.3 is 4.98 Å². The minimum atomic E-state index is -4.32. The summed E-state index contributed by atoms with van der Waals surface area (Å²) in [4.78, 5) is 3.09. The summed E-state index contributed by atoms with van der Waals surface area (Å²) in [7, 11) is 0. The van der Waals surface area contributed by atoms with Crippen molar-refractivity contribution in [2.75, 3.05) is 0 Å². The number of rotatable bonds is 1. The van der Waals surface area contributed by atoms with Gasteiger partial charge in [0.2, 0.25) is 0 Å². The summed E-state index contributed by atoms with van der Waals surface area (Å²) in [6.45, 7) is 1.96. The van der Waals surface area contributed by atoms with E-state index in [1.165, 1.54) is 12.1 Å². The molecule has 2 aromatic carbocycles. The third-order valence-corrected chi connectivity index (χ3v) is 3.34. The van der Waals surface area contributed by atoms with E-state index in [-0.39, 0.29) is 0 Å². The fourth-order valence-corrected chi connectivity index (χ4v) is 2.34. The van der Waals surface area contributed by atoms with Crippen LogP contribution in [0.5, 0.6) is 0 Å². The van der Waals surface area contributed by atoms with Gasteiger partial charge in [-0.15, -0.1) is 0 Å². The van der Waals surface area contributed by atoms with Gasteiger partial charge in [-0.25, -0.2) is 0 Å². The van der Waals surface area contributed by atoms with E-state index >= 15 is 0 Å². The molecule has 0 aliphatic rings. The maximum absolute atomic E-state index is 12.8. The van der Waals surface area contributed by atoms with Crippen LogP contribution in [0.25, 0.3) is 22.0 Å². The van der Waals surface area contributed by atoms with Crippen molar-refractivity contribution < 1.29 is 13.2 Å². The molecule has 0 atom stereocenters. The second-order valence-electron chi connectivity index (χ2n) is 4.83. The third kappa shape index (κ3) is 2.18. The van der Waals surface area contributed by atoms with Gasteiger partial charge in [-0.1, -0.05) is 23.8 Å². The molecule has 4 heteroatoms. The number of nitrogens with one attached hydrogen (secondary N) is 1. The Balaban J connectivity index is 2.18. The molecule has 0 radical (unpaired) electrons. The van der Waals surface area contributed by atoms with E-state index in [1.807, 2.05) is 25.1 Å². The number of hydrogen-bond acceptors (Lipinski definition) is 0. The Hall–Kier alpha value is -2.23. The Bertz CT molecular complexity index is 769. The molecule has 0 fully saturated rings. The highest BCUT2D eigenvalue weighted by Gasteiger charge is 2.30. The highest BCUT2D eigenvalue weighted by Crippen LogP contribution is 2.34. The minimum Gasteiger partial charge on any atom is -0.361 e. The molecule has 0 saturated carbocycles. The second kappa shape index (κ2) is 4.40. The van der Waals surface area contributed by atoms with Crippen molar-refractivity contribution in [3.8, 4) is 11.1 Å². The zero-order chi connectivity index (χ0) is 14.3. The predicted octanol–water partition coefficient (Wildman–Crippen LogP) is 5.16. The van der Waals surface area contributed by atoms with Crippen molar-refractivity contribution in [3.05, 3.63) is 59.8 Å². The SMILES string of the molecule is Cc1ccc2[nH]cc(-c3cccc(C(F)(F)F)c3)c2c1. The third-order valence-electron chi connectivity index (χ3n) is 3.34. The number of hydrogen-bond donors (Lipinski definition) is 1. The molecule has 0 amide bonds. The molecule has 0 aliphatic carbocycles. The van der Waals surface area contributed by atoms with Crippen molar-refractivity contribution in [3.63, 3.8) is 0 Å². The van der Waals surface area contributed by atoms with Crippen LogP contribution in [0.3, 0.4) is 0 Å². The fraction of sp³-hybridized carbons (Fsp3) is 0.125. The van der Waals surface area contributed by atoms with Crippen LogP contribution < -0.4 is 0 Å². The molecule has 1 heterocycles. The number of H-pyrrole nitrogens is 1. The Morgan fingerprint density at radius 2 is 1.80 bits per heavy atom. The van der Waals surface area contributed by atoms with E-state index in [1.54, 1.807) is 12.3 Å². The molecular weight excluding hydrogens is 263 g/mol. The molecule has 0 aliphatic heterocycles. The molecule has 20 heavy (non-hydrogen) atoms. The largest absolute Gasteiger partial charge is 0.416 e. The van der Waals surface area contributed by atoms with E-state index in [9.17, 15) is 13.2 Å². The van der Waals surface area contributed by atoms with Crippen molar-refractivity contribution in [2.45, 2.75) is 13.1 Å². The van der Waals surface area contributed by atoms with E-state index in [0.29, 0.717) is 5.56 Å². The van der Waals surface area contributed by atoms with Gasteiger partial charge in [0.05, 0.1) is 5.56 Å². The monoisotopic (exact) mass is 275 g/mol. The first-order valence-corrected chi connectivity index (χ1v) is 6.20. The summed E-state index contributed by atoms with van der Waals surface area (Å²) >= 11 is 0. The van der Waals surface area contributed by atoms with Gasteiger partial charge in [0.15, 0.2) is 0 Å². The van der Waals surface area contributed by atoms with Gasteiger partial charge in [-0.3, -0.25) is 0 Å². The van der Waals surface area contributed by atoms with Gasteiger partial charge in [-0.05, 0) is 36.8 Å². The van der Waals surface area contributed by atoms with Crippen LogP contribution in [-0.2, 0) is 6.18 Å². The molecular formula is C16H12F3N. The molecule has 0 bridgehead atoms. The molecule has 3 aromatic rings. The first-order chi connectivity index (χ1) is 9.45. The second-order valence-corrected chi connectivity index (χ2v) is 4.83. The normalized spacial score (nSPS) is 12.0.